The van der Waals surface area contributed by atoms with E-state index in [4.69, 9.17) is 18.9 Å². The number of fused-ring (bicyclic) bond motifs is 1. The fourth-order valence-electron chi connectivity index (χ4n) is 3.49. The minimum atomic E-state index is -0.355. The number of hydrogen-bond donors (Lipinski definition) is 0. The predicted octanol–water partition coefficient (Wildman–Crippen LogP) is 5.70. The molecule has 0 spiro atoms. The van der Waals surface area contributed by atoms with E-state index in [0.717, 1.165) is 38.8 Å². The summed E-state index contributed by atoms with van der Waals surface area (Å²) in [5, 5.41) is 0.644. The Bertz CT molecular complexity index is 1130. The van der Waals surface area contributed by atoms with Crippen LogP contribution in [0.5, 0.6) is 17.2 Å². The maximum absolute atomic E-state index is 12.9. The Morgan fingerprint density at radius 2 is 1.88 bits per heavy atom. The summed E-state index contributed by atoms with van der Waals surface area (Å²) < 4.78 is 21.7. The van der Waals surface area contributed by atoms with Gasteiger partial charge in [0.2, 0.25) is 6.79 Å². The zero-order valence-electron chi connectivity index (χ0n) is 18.3. The van der Waals surface area contributed by atoms with Gasteiger partial charge >= 0.3 is 5.97 Å². The molecule has 0 atom stereocenters. The van der Waals surface area contributed by atoms with Crippen LogP contribution in [0.2, 0.25) is 0 Å². The maximum Gasteiger partial charge on any atom is 0.341 e. The average Bonchev–Trinajstić information content (AvgIpc) is 3.37. The number of ether oxygens (including phenoxy) is 4. The second kappa shape index (κ2) is 9.87. The van der Waals surface area contributed by atoms with E-state index in [0.29, 0.717) is 30.2 Å². The number of aliphatic imine (C=N–C) groups is 1. The number of nitrogens with zero attached hydrogens (tertiary/aromatic N) is 1. The van der Waals surface area contributed by atoms with Crippen molar-refractivity contribution in [2.24, 2.45) is 4.99 Å². The van der Waals surface area contributed by atoms with E-state index < -0.39 is 0 Å². The van der Waals surface area contributed by atoms with Gasteiger partial charge < -0.3 is 18.9 Å². The van der Waals surface area contributed by atoms with Crippen LogP contribution in [0, 0.1) is 6.92 Å². The number of aryl methyl sites for hydroxylation is 1. The van der Waals surface area contributed by atoms with Crippen molar-refractivity contribution in [3.05, 3.63) is 69.6 Å². The first-order valence-electron chi connectivity index (χ1n) is 10.5. The molecule has 0 bridgehead atoms. The van der Waals surface area contributed by atoms with Crippen molar-refractivity contribution in [3.63, 3.8) is 0 Å². The molecule has 0 saturated carbocycles. The van der Waals surface area contributed by atoms with Gasteiger partial charge in [-0.2, -0.15) is 0 Å². The molecule has 1 aromatic heterocycles. The van der Waals surface area contributed by atoms with E-state index in [2.05, 4.69) is 4.99 Å². The summed E-state index contributed by atoms with van der Waals surface area (Å²) in [4.78, 5) is 18.5. The number of esters is 1. The molecule has 0 unspecified atom stereocenters. The topological polar surface area (TPSA) is 66.4 Å². The van der Waals surface area contributed by atoms with Gasteiger partial charge in [-0.15, -0.1) is 11.3 Å². The highest BCUT2D eigenvalue weighted by molar-refractivity contribution is 7.16. The Labute approximate surface area is 191 Å². The van der Waals surface area contributed by atoms with Crippen LogP contribution in [-0.4, -0.2) is 32.2 Å². The SMILES string of the molecule is CCOC(=O)c1c(N=Cc2ccc(OCC)cc2)sc(C)c1Cc1ccc2c(c1)OCO2. The first-order chi connectivity index (χ1) is 15.6. The van der Waals surface area contributed by atoms with Crippen LogP contribution in [0.15, 0.2) is 47.5 Å². The van der Waals surface area contributed by atoms with Gasteiger partial charge in [-0.05, 0) is 80.3 Å². The third-order valence-electron chi connectivity index (χ3n) is 5.01. The second-order valence-electron chi connectivity index (χ2n) is 7.16. The zero-order chi connectivity index (χ0) is 22.5. The van der Waals surface area contributed by atoms with Crippen LogP contribution in [0.4, 0.5) is 5.00 Å². The molecular formula is C25H25NO5S. The molecule has 4 rings (SSSR count). The standard InChI is InChI=1S/C25H25NO5S/c1-4-28-19-9-6-17(7-10-19)14-26-24-23(25(27)29-5-2)20(16(3)32-24)12-18-8-11-21-22(13-18)31-15-30-21/h6-11,13-14H,4-5,12,15H2,1-3H3. The normalized spacial score (nSPS) is 12.3. The molecule has 0 aliphatic carbocycles. The number of benzene rings is 2. The molecule has 166 valence electrons. The molecule has 0 fully saturated rings. The summed E-state index contributed by atoms with van der Waals surface area (Å²) >= 11 is 1.49. The van der Waals surface area contributed by atoms with E-state index in [1.807, 2.05) is 56.3 Å². The molecule has 3 aromatic rings. The summed E-state index contributed by atoms with van der Waals surface area (Å²) in [6.07, 6.45) is 2.33. The predicted molar refractivity (Wildman–Crippen MR) is 125 cm³/mol. The fraction of sp³-hybridized carbons (Fsp3) is 0.280. The van der Waals surface area contributed by atoms with Gasteiger partial charge in [0.25, 0.3) is 0 Å². The lowest BCUT2D eigenvalue weighted by Gasteiger charge is -2.08. The molecule has 2 heterocycles. The number of hydrogen-bond acceptors (Lipinski definition) is 7. The second-order valence-corrected chi connectivity index (χ2v) is 8.37. The summed E-state index contributed by atoms with van der Waals surface area (Å²) in [5.41, 5.74) is 3.40. The molecule has 32 heavy (non-hydrogen) atoms. The molecule has 0 radical (unpaired) electrons. The lowest BCUT2D eigenvalue weighted by molar-refractivity contribution is 0.0527. The van der Waals surface area contributed by atoms with Gasteiger partial charge in [0.15, 0.2) is 11.5 Å². The molecule has 0 saturated heterocycles. The molecule has 7 heteroatoms. The molecular weight excluding hydrogens is 426 g/mol. The van der Waals surface area contributed by atoms with Crippen LogP contribution < -0.4 is 14.2 Å². The largest absolute Gasteiger partial charge is 0.494 e. The summed E-state index contributed by atoms with van der Waals surface area (Å²) in [7, 11) is 0. The van der Waals surface area contributed by atoms with Crippen molar-refractivity contribution in [2.45, 2.75) is 27.2 Å². The van der Waals surface area contributed by atoms with Crippen LogP contribution in [-0.2, 0) is 11.2 Å². The van der Waals surface area contributed by atoms with Gasteiger partial charge in [0.05, 0.1) is 13.2 Å². The van der Waals surface area contributed by atoms with Crippen molar-refractivity contribution in [1.29, 1.82) is 0 Å². The summed E-state index contributed by atoms with van der Waals surface area (Å²) in [5.74, 6) is 1.92. The van der Waals surface area contributed by atoms with E-state index in [1.165, 1.54) is 11.3 Å². The lowest BCUT2D eigenvalue weighted by atomic mass is 10.0. The third-order valence-corrected chi connectivity index (χ3v) is 6.07. The molecule has 0 amide bonds. The van der Waals surface area contributed by atoms with Gasteiger partial charge in [-0.25, -0.2) is 9.79 Å². The van der Waals surface area contributed by atoms with Gasteiger partial charge in [-0.1, -0.05) is 6.07 Å². The first-order valence-corrected chi connectivity index (χ1v) is 11.4. The minimum Gasteiger partial charge on any atom is -0.494 e. The van der Waals surface area contributed by atoms with E-state index in [1.54, 1.807) is 13.1 Å². The van der Waals surface area contributed by atoms with Crippen molar-refractivity contribution >= 4 is 28.5 Å². The van der Waals surface area contributed by atoms with E-state index in [-0.39, 0.29) is 12.8 Å². The average molecular weight is 452 g/mol. The zero-order valence-corrected chi connectivity index (χ0v) is 19.2. The van der Waals surface area contributed by atoms with Crippen molar-refractivity contribution in [1.82, 2.24) is 0 Å². The number of rotatable bonds is 8. The van der Waals surface area contributed by atoms with Crippen molar-refractivity contribution in [3.8, 4) is 17.2 Å². The van der Waals surface area contributed by atoms with Crippen molar-refractivity contribution in [2.75, 3.05) is 20.0 Å². The Morgan fingerprint density at radius 3 is 2.62 bits per heavy atom. The molecule has 6 nitrogen and oxygen atoms in total. The Hall–Kier alpha value is -3.32. The van der Waals surface area contributed by atoms with Crippen LogP contribution in [0.25, 0.3) is 0 Å². The smallest absolute Gasteiger partial charge is 0.341 e. The van der Waals surface area contributed by atoms with Crippen LogP contribution in [0.1, 0.15) is 45.8 Å². The fourth-order valence-corrected chi connectivity index (χ4v) is 4.49. The third kappa shape index (κ3) is 4.78. The molecule has 1 aliphatic heterocycles. The highest BCUT2D eigenvalue weighted by Gasteiger charge is 2.24. The highest BCUT2D eigenvalue weighted by atomic mass is 32.1. The highest BCUT2D eigenvalue weighted by Crippen LogP contribution is 2.39. The van der Waals surface area contributed by atoms with E-state index in [9.17, 15) is 4.79 Å². The molecule has 2 aromatic carbocycles. The number of thiophene rings is 1. The monoisotopic (exact) mass is 451 g/mol. The Kier molecular flexibility index (Phi) is 6.75. The Balaban J connectivity index is 1.64. The summed E-state index contributed by atoms with van der Waals surface area (Å²) in [6.45, 7) is 6.92. The van der Waals surface area contributed by atoms with Gasteiger partial charge in [0, 0.05) is 11.1 Å². The quantitative estimate of drug-likeness (QED) is 0.325. The molecule has 1 aliphatic rings. The van der Waals surface area contributed by atoms with Crippen LogP contribution >= 0.6 is 11.3 Å². The number of carbonyl (C=O) groups excluding carboxylic acids is 1. The maximum atomic E-state index is 12.9. The lowest BCUT2D eigenvalue weighted by Crippen LogP contribution is -2.07. The Morgan fingerprint density at radius 1 is 1.09 bits per heavy atom. The number of carbonyl (C=O) groups is 1. The first kappa shape index (κ1) is 21.9. The van der Waals surface area contributed by atoms with E-state index >= 15 is 0 Å². The summed E-state index contributed by atoms with van der Waals surface area (Å²) in [6, 6.07) is 13.5. The molecule has 0 N–H and O–H groups in total. The van der Waals surface area contributed by atoms with Gasteiger partial charge in [0.1, 0.15) is 16.3 Å². The van der Waals surface area contributed by atoms with Crippen molar-refractivity contribution < 1.29 is 23.7 Å². The van der Waals surface area contributed by atoms with Crippen LogP contribution in [0.3, 0.4) is 0 Å². The minimum absolute atomic E-state index is 0.231. The van der Waals surface area contributed by atoms with Gasteiger partial charge in [-0.3, -0.25) is 0 Å².